The number of ether oxygens (including phenoxy) is 1. The van der Waals surface area contributed by atoms with E-state index in [4.69, 9.17) is 16.3 Å². The molecule has 0 atom stereocenters. The molecule has 4 nitrogen and oxygen atoms in total. The number of benzene rings is 1. The van der Waals surface area contributed by atoms with Crippen LogP contribution in [0.15, 0.2) is 18.2 Å². The predicted molar refractivity (Wildman–Crippen MR) is 103 cm³/mol. The summed E-state index contributed by atoms with van der Waals surface area (Å²) >= 11 is 6.47. The van der Waals surface area contributed by atoms with Gasteiger partial charge in [-0.05, 0) is 75.2 Å². The summed E-state index contributed by atoms with van der Waals surface area (Å²) in [5, 5.41) is 0.806. The lowest BCUT2D eigenvalue weighted by Gasteiger charge is -2.37. The summed E-state index contributed by atoms with van der Waals surface area (Å²) in [7, 11) is 1.94. The molecule has 26 heavy (non-hydrogen) atoms. The highest BCUT2D eigenvalue weighted by Gasteiger charge is 2.36. The Kier molecular flexibility index (Phi) is 5.42. The van der Waals surface area contributed by atoms with Gasteiger partial charge < -0.3 is 9.64 Å². The number of likely N-dealkylation sites (tertiary alicyclic amines) is 1. The highest BCUT2D eigenvalue weighted by molar-refractivity contribution is 6.31. The Morgan fingerprint density at radius 1 is 1.27 bits per heavy atom. The maximum atomic E-state index is 12.0. The van der Waals surface area contributed by atoms with E-state index in [0.29, 0.717) is 17.7 Å². The van der Waals surface area contributed by atoms with E-state index in [2.05, 4.69) is 11.0 Å². The first-order valence-electron chi connectivity index (χ1n) is 10.0. The molecule has 1 heterocycles. The van der Waals surface area contributed by atoms with E-state index in [1.165, 1.54) is 31.5 Å². The van der Waals surface area contributed by atoms with Gasteiger partial charge in [-0.2, -0.15) is 0 Å². The van der Waals surface area contributed by atoms with Gasteiger partial charge in [-0.1, -0.05) is 17.7 Å². The molecule has 1 amide bonds. The highest BCUT2D eigenvalue weighted by atomic mass is 35.5. The summed E-state index contributed by atoms with van der Waals surface area (Å²) in [4.78, 5) is 16.4. The van der Waals surface area contributed by atoms with E-state index in [9.17, 15) is 4.79 Å². The largest absolute Gasteiger partial charge is 0.490 e. The average molecular weight is 377 g/mol. The van der Waals surface area contributed by atoms with Crippen LogP contribution in [0.3, 0.4) is 0 Å². The summed E-state index contributed by atoms with van der Waals surface area (Å²) in [5.74, 6) is 2.08. The molecule has 3 fully saturated rings. The van der Waals surface area contributed by atoms with E-state index >= 15 is 0 Å². The van der Waals surface area contributed by atoms with Gasteiger partial charge in [0.25, 0.3) is 0 Å². The molecule has 0 aromatic heterocycles. The first-order chi connectivity index (χ1) is 12.6. The smallest absolute Gasteiger partial charge is 0.225 e. The minimum absolute atomic E-state index is 0.255. The zero-order valence-electron chi connectivity index (χ0n) is 15.6. The minimum atomic E-state index is 0.255. The van der Waals surface area contributed by atoms with Crippen molar-refractivity contribution in [2.45, 2.75) is 51.2 Å². The number of nitrogens with zero attached hydrogens (tertiary/aromatic N) is 2. The number of amides is 1. The zero-order valence-corrected chi connectivity index (χ0v) is 16.4. The number of halogens is 1. The monoisotopic (exact) mass is 376 g/mol. The van der Waals surface area contributed by atoms with Crippen molar-refractivity contribution < 1.29 is 9.53 Å². The Bertz CT molecular complexity index is 649. The summed E-state index contributed by atoms with van der Waals surface area (Å²) in [6.07, 6.45) is 7.05. The average Bonchev–Trinajstić information content (AvgIpc) is 3.31. The normalized spacial score (nSPS) is 25.8. The predicted octanol–water partition coefficient (Wildman–Crippen LogP) is 3.96. The number of rotatable bonds is 7. The number of hydrogen-bond acceptors (Lipinski definition) is 3. The molecule has 0 N–H and O–H groups in total. The Balaban J connectivity index is 1.22. The maximum absolute atomic E-state index is 12.0. The van der Waals surface area contributed by atoms with Crippen LogP contribution >= 0.6 is 11.6 Å². The van der Waals surface area contributed by atoms with Crippen molar-refractivity contribution in [3.63, 3.8) is 0 Å². The molecule has 4 rings (SSSR count). The van der Waals surface area contributed by atoms with E-state index in [1.807, 2.05) is 24.1 Å². The standard InChI is InChI=1S/C21H29ClN2O2/c1-23(21(25)16-4-5-16)13-15-10-19(11-15)26-18-7-6-17(20(22)12-18)14-24-8-2-3-9-24/h6-7,12,15-16,19H,2-5,8-11,13-14H2,1H3. The zero-order chi connectivity index (χ0) is 18.1. The van der Waals surface area contributed by atoms with Gasteiger partial charge in [-0.25, -0.2) is 0 Å². The molecule has 0 unspecified atom stereocenters. The van der Waals surface area contributed by atoms with Crippen LogP contribution in [-0.2, 0) is 11.3 Å². The van der Waals surface area contributed by atoms with Gasteiger partial charge in [-0.15, -0.1) is 0 Å². The lowest BCUT2D eigenvalue weighted by atomic mass is 9.82. The van der Waals surface area contributed by atoms with Crippen molar-refractivity contribution in [1.82, 2.24) is 9.80 Å². The number of carbonyl (C=O) groups is 1. The van der Waals surface area contributed by atoms with E-state index in [0.717, 1.165) is 49.5 Å². The van der Waals surface area contributed by atoms with Crippen LogP contribution in [0.1, 0.15) is 44.1 Å². The van der Waals surface area contributed by atoms with Crippen LogP contribution in [0.2, 0.25) is 5.02 Å². The topological polar surface area (TPSA) is 32.8 Å². The summed E-state index contributed by atoms with van der Waals surface area (Å²) < 4.78 is 6.09. The fourth-order valence-corrected chi connectivity index (χ4v) is 4.37. The Hall–Kier alpha value is -1.26. The van der Waals surface area contributed by atoms with Crippen LogP contribution in [-0.4, -0.2) is 48.5 Å². The van der Waals surface area contributed by atoms with Gasteiger partial charge in [0.05, 0.1) is 6.10 Å². The molecule has 142 valence electrons. The molecule has 3 aliphatic rings. The molecule has 1 aliphatic heterocycles. The molecular formula is C21H29ClN2O2. The van der Waals surface area contributed by atoms with Gasteiger partial charge in [0.1, 0.15) is 5.75 Å². The van der Waals surface area contributed by atoms with E-state index in [1.54, 1.807) is 0 Å². The first-order valence-corrected chi connectivity index (χ1v) is 10.4. The molecule has 1 aromatic carbocycles. The molecule has 0 radical (unpaired) electrons. The summed E-state index contributed by atoms with van der Waals surface area (Å²) in [6, 6.07) is 6.12. The van der Waals surface area contributed by atoms with Crippen LogP contribution in [0.4, 0.5) is 0 Å². The maximum Gasteiger partial charge on any atom is 0.225 e. The van der Waals surface area contributed by atoms with Gasteiger partial charge in [-0.3, -0.25) is 9.69 Å². The summed E-state index contributed by atoms with van der Waals surface area (Å²) in [5.41, 5.74) is 1.19. The third-order valence-electron chi connectivity index (χ3n) is 5.95. The molecule has 2 saturated carbocycles. The van der Waals surface area contributed by atoms with Crippen molar-refractivity contribution in [2.24, 2.45) is 11.8 Å². The number of carbonyl (C=O) groups excluding carboxylic acids is 1. The molecule has 1 saturated heterocycles. The second-order valence-electron chi connectivity index (χ2n) is 8.31. The molecular weight excluding hydrogens is 348 g/mol. The lowest BCUT2D eigenvalue weighted by Crippen LogP contribution is -2.42. The van der Waals surface area contributed by atoms with Crippen LogP contribution < -0.4 is 4.74 Å². The van der Waals surface area contributed by atoms with Gasteiger partial charge in [0.15, 0.2) is 0 Å². The van der Waals surface area contributed by atoms with Crippen molar-refractivity contribution in [3.05, 3.63) is 28.8 Å². The molecule has 1 aromatic rings. The van der Waals surface area contributed by atoms with Crippen molar-refractivity contribution >= 4 is 17.5 Å². The third-order valence-corrected chi connectivity index (χ3v) is 6.30. The second kappa shape index (κ2) is 7.77. The van der Waals surface area contributed by atoms with Crippen LogP contribution in [0, 0.1) is 11.8 Å². The van der Waals surface area contributed by atoms with Crippen LogP contribution in [0.5, 0.6) is 5.75 Å². The first kappa shape index (κ1) is 18.1. The van der Waals surface area contributed by atoms with Crippen molar-refractivity contribution in [3.8, 4) is 5.75 Å². The third kappa shape index (κ3) is 4.34. The molecule has 0 spiro atoms. The Morgan fingerprint density at radius 2 is 2.00 bits per heavy atom. The van der Waals surface area contributed by atoms with Gasteiger partial charge in [0.2, 0.25) is 5.91 Å². The highest BCUT2D eigenvalue weighted by Crippen LogP contribution is 2.35. The van der Waals surface area contributed by atoms with Gasteiger partial charge in [0, 0.05) is 31.1 Å². The van der Waals surface area contributed by atoms with Crippen molar-refractivity contribution in [2.75, 3.05) is 26.7 Å². The molecule has 2 aliphatic carbocycles. The molecule has 5 heteroatoms. The quantitative estimate of drug-likeness (QED) is 0.722. The SMILES string of the molecule is CN(CC1CC(Oc2ccc(CN3CCCC3)c(Cl)c2)C1)C(=O)C1CC1. The van der Waals surface area contributed by atoms with Gasteiger partial charge >= 0.3 is 0 Å². The van der Waals surface area contributed by atoms with Crippen molar-refractivity contribution in [1.29, 1.82) is 0 Å². The van der Waals surface area contributed by atoms with E-state index < -0.39 is 0 Å². The Labute approximate surface area is 161 Å². The Morgan fingerprint density at radius 3 is 2.65 bits per heavy atom. The lowest BCUT2D eigenvalue weighted by molar-refractivity contribution is -0.132. The fraction of sp³-hybridized carbons (Fsp3) is 0.667. The fourth-order valence-electron chi connectivity index (χ4n) is 4.14. The second-order valence-corrected chi connectivity index (χ2v) is 8.71. The van der Waals surface area contributed by atoms with Crippen LogP contribution in [0.25, 0.3) is 0 Å². The van der Waals surface area contributed by atoms with E-state index in [-0.39, 0.29) is 6.10 Å². The molecule has 0 bridgehead atoms. The number of hydrogen-bond donors (Lipinski definition) is 0. The minimum Gasteiger partial charge on any atom is -0.490 e. The summed E-state index contributed by atoms with van der Waals surface area (Å²) in [6.45, 7) is 4.15.